The normalized spacial score (nSPS) is 14.2. The second-order valence-corrected chi connectivity index (χ2v) is 6.05. The molecule has 3 aromatic rings. The van der Waals surface area contributed by atoms with Crippen LogP contribution in [0, 0.1) is 0 Å². The van der Waals surface area contributed by atoms with Crippen molar-refractivity contribution >= 4 is 17.7 Å². The van der Waals surface area contributed by atoms with Gasteiger partial charge in [-0.25, -0.2) is 9.97 Å². The lowest BCUT2D eigenvalue weighted by atomic mass is 10.1. The van der Waals surface area contributed by atoms with Gasteiger partial charge in [0.25, 0.3) is 5.91 Å². The van der Waals surface area contributed by atoms with Gasteiger partial charge in [0, 0.05) is 43.3 Å². The summed E-state index contributed by atoms with van der Waals surface area (Å²) in [7, 11) is 0. The predicted octanol–water partition coefficient (Wildman–Crippen LogP) is 2.77. The lowest BCUT2D eigenvalue weighted by Gasteiger charge is -2.27. The van der Waals surface area contributed by atoms with Crippen molar-refractivity contribution in [1.29, 1.82) is 0 Å². The van der Waals surface area contributed by atoms with E-state index in [0.717, 1.165) is 31.5 Å². The first-order valence-corrected chi connectivity index (χ1v) is 8.55. The van der Waals surface area contributed by atoms with Crippen molar-refractivity contribution in [2.45, 2.75) is 19.3 Å². The van der Waals surface area contributed by atoms with Gasteiger partial charge < -0.3 is 14.7 Å². The van der Waals surface area contributed by atoms with Gasteiger partial charge >= 0.3 is 0 Å². The Hall–Kier alpha value is -3.29. The van der Waals surface area contributed by atoms with Gasteiger partial charge in [0.1, 0.15) is 6.26 Å². The summed E-state index contributed by atoms with van der Waals surface area (Å²) >= 11 is 0. The summed E-state index contributed by atoms with van der Waals surface area (Å²) in [5.41, 5.74) is 1.76. The molecular weight excluding hydrogens is 332 g/mol. The second-order valence-electron chi connectivity index (χ2n) is 6.05. The zero-order chi connectivity index (χ0) is 17.8. The fourth-order valence-electron chi connectivity index (χ4n) is 2.98. The first kappa shape index (κ1) is 16.2. The van der Waals surface area contributed by atoms with Crippen molar-refractivity contribution in [3.05, 3.63) is 48.6 Å². The van der Waals surface area contributed by atoms with E-state index in [0.29, 0.717) is 23.0 Å². The number of piperidine rings is 1. The number of rotatable bonds is 4. The van der Waals surface area contributed by atoms with Crippen LogP contribution in [-0.4, -0.2) is 39.1 Å². The minimum absolute atomic E-state index is 0.337. The highest BCUT2D eigenvalue weighted by Gasteiger charge is 2.20. The van der Waals surface area contributed by atoms with Crippen LogP contribution in [0.5, 0.6) is 0 Å². The summed E-state index contributed by atoms with van der Waals surface area (Å²) in [5.74, 6) is 0.654. The number of carbonyl (C=O) groups excluding carboxylic acids is 1. The standard InChI is InChI=1S/C18H18N6O2/c25-17(21-15-6-11-26-23-15)14-12-20-18(24-9-2-1-3-10-24)22-16(14)13-4-7-19-8-5-13/h4-8,11-12H,1-3,9-10H2,(H,21,23,25). The Balaban J connectivity index is 1.71. The van der Waals surface area contributed by atoms with Crippen LogP contribution in [0.3, 0.4) is 0 Å². The molecule has 0 bridgehead atoms. The van der Waals surface area contributed by atoms with Crippen LogP contribution < -0.4 is 10.2 Å². The van der Waals surface area contributed by atoms with E-state index in [1.54, 1.807) is 24.7 Å². The second kappa shape index (κ2) is 7.30. The summed E-state index contributed by atoms with van der Waals surface area (Å²) in [6.07, 6.45) is 9.81. The van der Waals surface area contributed by atoms with Crippen LogP contribution in [0.4, 0.5) is 11.8 Å². The zero-order valence-corrected chi connectivity index (χ0v) is 14.1. The number of anilines is 2. The van der Waals surface area contributed by atoms with E-state index in [9.17, 15) is 4.79 Å². The van der Waals surface area contributed by atoms with Gasteiger partial charge in [-0.3, -0.25) is 9.78 Å². The molecule has 0 aromatic carbocycles. The molecule has 1 saturated heterocycles. The fourth-order valence-corrected chi connectivity index (χ4v) is 2.98. The lowest BCUT2D eigenvalue weighted by molar-refractivity contribution is 0.102. The van der Waals surface area contributed by atoms with Crippen molar-refractivity contribution in [3.63, 3.8) is 0 Å². The Bertz CT molecular complexity index is 876. The van der Waals surface area contributed by atoms with Gasteiger partial charge in [-0.1, -0.05) is 5.16 Å². The molecule has 1 N–H and O–H groups in total. The lowest BCUT2D eigenvalue weighted by Crippen LogP contribution is -2.31. The van der Waals surface area contributed by atoms with Crippen LogP contribution in [0.15, 0.2) is 47.6 Å². The molecule has 8 nitrogen and oxygen atoms in total. The minimum Gasteiger partial charge on any atom is -0.363 e. The number of pyridine rings is 1. The summed E-state index contributed by atoms with van der Waals surface area (Å²) in [4.78, 5) is 28.0. The molecule has 8 heteroatoms. The van der Waals surface area contributed by atoms with E-state index in [1.807, 2.05) is 12.1 Å². The molecule has 0 spiro atoms. The third-order valence-corrected chi connectivity index (χ3v) is 4.29. The largest absolute Gasteiger partial charge is 0.363 e. The number of nitrogens with zero attached hydrogens (tertiary/aromatic N) is 5. The summed E-state index contributed by atoms with van der Waals surface area (Å²) in [6, 6.07) is 5.23. The van der Waals surface area contributed by atoms with E-state index in [1.165, 1.54) is 12.7 Å². The summed E-state index contributed by atoms with van der Waals surface area (Å²) < 4.78 is 4.75. The molecule has 1 aliphatic rings. The summed E-state index contributed by atoms with van der Waals surface area (Å²) in [6.45, 7) is 1.86. The van der Waals surface area contributed by atoms with E-state index >= 15 is 0 Å². The van der Waals surface area contributed by atoms with Crippen LogP contribution in [0.2, 0.25) is 0 Å². The fraction of sp³-hybridized carbons (Fsp3) is 0.278. The number of nitrogens with one attached hydrogen (secondary N) is 1. The van der Waals surface area contributed by atoms with Crippen LogP contribution in [-0.2, 0) is 0 Å². The molecule has 0 saturated carbocycles. The van der Waals surface area contributed by atoms with Gasteiger partial charge in [-0.05, 0) is 31.4 Å². The molecule has 0 aliphatic carbocycles. The molecule has 1 aliphatic heterocycles. The van der Waals surface area contributed by atoms with Crippen molar-refractivity contribution in [2.75, 3.05) is 23.3 Å². The SMILES string of the molecule is O=C(Nc1ccon1)c1cnc(N2CCCCC2)nc1-c1ccncc1. The number of hydrogen-bond donors (Lipinski definition) is 1. The Morgan fingerprint density at radius 2 is 1.92 bits per heavy atom. The number of hydrogen-bond acceptors (Lipinski definition) is 7. The molecule has 4 heterocycles. The molecule has 0 atom stereocenters. The highest BCUT2D eigenvalue weighted by molar-refractivity contribution is 6.07. The molecular formula is C18H18N6O2. The highest BCUT2D eigenvalue weighted by Crippen LogP contribution is 2.25. The number of aromatic nitrogens is 4. The maximum absolute atomic E-state index is 12.7. The molecule has 4 rings (SSSR count). The van der Waals surface area contributed by atoms with Gasteiger partial charge in [0.05, 0.1) is 11.3 Å². The van der Waals surface area contributed by atoms with Gasteiger partial charge in [0.15, 0.2) is 5.82 Å². The van der Waals surface area contributed by atoms with Crippen molar-refractivity contribution in [1.82, 2.24) is 20.1 Å². The maximum Gasteiger partial charge on any atom is 0.260 e. The minimum atomic E-state index is -0.337. The van der Waals surface area contributed by atoms with Crippen LogP contribution in [0.25, 0.3) is 11.3 Å². The quantitative estimate of drug-likeness (QED) is 0.772. The molecule has 132 valence electrons. The third kappa shape index (κ3) is 3.39. The van der Waals surface area contributed by atoms with Crippen molar-refractivity contribution in [3.8, 4) is 11.3 Å². The first-order chi connectivity index (χ1) is 12.8. The van der Waals surface area contributed by atoms with Gasteiger partial charge in [-0.2, -0.15) is 0 Å². The predicted molar refractivity (Wildman–Crippen MR) is 95.8 cm³/mol. The smallest absolute Gasteiger partial charge is 0.260 e. The van der Waals surface area contributed by atoms with E-state index < -0.39 is 0 Å². The molecule has 0 unspecified atom stereocenters. The Kier molecular flexibility index (Phi) is 4.55. The highest BCUT2D eigenvalue weighted by atomic mass is 16.5. The van der Waals surface area contributed by atoms with Crippen molar-refractivity contribution < 1.29 is 9.32 Å². The topological polar surface area (TPSA) is 97.0 Å². The average Bonchev–Trinajstić information content (AvgIpc) is 3.22. The Morgan fingerprint density at radius 1 is 1.12 bits per heavy atom. The monoisotopic (exact) mass is 350 g/mol. The summed E-state index contributed by atoms with van der Waals surface area (Å²) in [5, 5.41) is 6.40. The van der Waals surface area contributed by atoms with Gasteiger partial charge in [-0.15, -0.1) is 0 Å². The van der Waals surface area contributed by atoms with E-state index in [2.05, 4.69) is 25.3 Å². The van der Waals surface area contributed by atoms with Crippen LogP contribution >= 0.6 is 0 Å². The van der Waals surface area contributed by atoms with Crippen LogP contribution in [0.1, 0.15) is 29.6 Å². The maximum atomic E-state index is 12.7. The average molecular weight is 350 g/mol. The molecule has 1 fully saturated rings. The number of amides is 1. The number of carbonyl (C=O) groups is 1. The molecule has 3 aromatic heterocycles. The van der Waals surface area contributed by atoms with E-state index in [4.69, 9.17) is 9.51 Å². The Labute approximate surface area is 150 Å². The first-order valence-electron chi connectivity index (χ1n) is 8.55. The third-order valence-electron chi connectivity index (χ3n) is 4.29. The van der Waals surface area contributed by atoms with E-state index in [-0.39, 0.29) is 5.91 Å². The van der Waals surface area contributed by atoms with Gasteiger partial charge in [0.2, 0.25) is 5.95 Å². The molecule has 1 amide bonds. The molecule has 0 radical (unpaired) electrons. The Morgan fingerprint density at radius 3 is 2.65 bits per heavy atom. The molecule has 26 heavy (non-hydrogen) atoms. The zero-order valence-electron chi connectivity index (χ0n) is 14.1. The van der Waals surface area contributed by atoms with Crippen molar-refractivity contribution in [2.24, 2.45) is 0 Å².